The van der Waals surface area contributed by atoms with Crippen molar-refractivity contribution in [2.75, 3.05) is 6.61 Å². The van der Waals surface area contributed by atoms with E-state index in [1.54, 1.807) is 0 Å². The number of aliphatic carboxylic acids is 1. The number of rotatable bonds is 6. The monoisotopic (exact) mass is 311 g/mol. The van der Waals surface area contributed by atoms with Gasteiger partial charge in [0.25, 0.3) is 0 Å². The first-order valence-electron chi connectivity index (χ1n) is 7.05. The minimum atomic E-state index is -0.897. The van der Waals surface area contributed by atoms with E-state index >= 15 is 0 Å². The predicted octanol–water partition coefficient (Wildman–Crippen LogP) is 1.42. The van der Waals surface area contributed by atoms with E-state index < -0.39 is 11.8 Å². The van der Waals surface area contributed by atoms with Crippen molar-refractivity contribution < 1.29 is 28.9 Å². The van der Waals surface area contributed by atoms with Crippen LogP contribution in [0.2, 0.25) is 0 Å². The SMILES string of the molecule is O=C(O)CCC1CC(C(=O)NCc2c(O)cccc2F)CO1. The Morgan fingerprint density at radius 2 is 2.18 bits per heavy atom. The van der Waals surface area contributed by atoms with E-state index in [9.17, 15) is 19.1 Å². The molecule has 2 atom stereocenters. The van der Waals surface area contributed by atoms with Gasteiger partial charge < -0.3 is 20.3 Å². The van der Waals surface area contributed by atoms with Crippen molar-refractivity contribution >= 4 is 11.9 Å². The number of phenolic OH excluding ortho intramolecular Hbond substituents is 1. The Morgan fingerprint density at radius 3 is 2.86 bits per heavy atom. The molecular formula is C15H18FNO5. The topological polar surface area (TPSA) is 95.9 Å². The molecule has 1 aromatic rings. The smallest absolute Gasteiger partial charge is 0.303 e. The average molecular weight is 311 g/mol. The number of carboxylic acid groups (broad SMARTS) is 1. The molecule has 0 saturated carbocycles. The van der Waals surface area contributed by atoms with Crippen LogP contribution in [0.25, 0.3) is 0 Å². The van der Waals surface area contributed by atoms with E-state index in [4.69, 9.17) is 9.84 Å². The van der Waals surface area contributed by atoms with E-state index in [0.29, 0.717) is 12.8 Å². The molecule has 2 unspecified atom stereocenters. The van der Waals surface area contributed by atoms with Crippen molar-refractivity contribution in [2.45, 2.75) is 31.9 Å². The van der Waals surface area contributed by atoms with Crippen LogP contribution in [0.3, 0.4) is 0 Å². The van der Waals surface area contributed by atoms with Crippen molar-refractivity contribution in [2.24, 2.45) is 5.92 Å². The highest BCUT2D eigenvalue weighted by atomic mass is 19.1. The van der Waals surface area contributed by atoms with Crippen LogP contribution in [0.5, 0.6) is 5.75 Å². The number of nitrogens with one attached hydrogen (secondary N) is 1. The van der Waals surface area contributed by atoms with Crippen molar-refractivity contribution in [3.05, 3.63) is 29.6 Å². The number of carbonyl (C=O) groups excluding carboxylic acids is 1. The number of amides is 1. The van der Waals surface area contributed by atoms with Crippen molar-refractivity contribution in [3.8, 4) is 5.75 Å². The molecule has 0 spiro atoms. The Hall–Kier alpha value is -2.15. The van der Waals surface area contributed by atoms with E-state index in [-0.39, 0.29) is 48.8 Å². The summed E-state index contributed by atoms with van der Waals surface area (Å²) >= 11 is 0. The third-order valence-electron chi connectivity index (χ3n) is 3.67. The molecule has 1 amide bonds. The number of benzene rings is 1. The lowest BCUT2D eigenvalue weighted by Gasteiger charge is -2.11. The molecule has 1 heterocycles. The zero-order valence-electron chi connectivity index (χ0n) is 11.9. The molecule has 2 rings (SSSR count). The maximum absolute atomic E-state index is 13.5. The summed E-state index contributed by atoms with van der Waals surface area (Å²) in [5.74, 6) is -2.36. The van der Waals surface area contributed by atoms with Crippen LogP contribution in [0.4, 0.5) is 4.39 Å². The highest BCUT2D eigenvalue weighted by Gasteiger charge is 2.31. The molecule has 1 saturated heterocycles. The third-order valence-corrected chi connectivity index (χ3v) is 3.67. The summed E-state index contributed by atoms with van der Waals surface area (Å²) in [4.78, 5) is 22.5. The molecular weight excluding hydrogens is 293 g/mol. The minimum Gasteiger partial charge on any atom is -0.507 e. The van der Waals surface area contributed by atoms with Gasteiger partial charge in [0.2, 0.25) is 5.91 Å². The fourth-order valence-corrected chi connectivity index (χ4v) is 2.42. The molecule has 0 bridgehead atoms. The van der Waals surface area contributed by atoms with Crippen molar-refractivity contribution in [1.29, 1.82) is 0 Å². The highest BCUT2D eigenvalue weighted by Crippen LogP contribution is 2.24. The molecule has 120 valence electrons. The molecule has 1 aliphatic rings. The van der Waals surface area contributed by atoms with Gasteiger partial charge in [0.05, 0.1) is 18.6 Å². The van der Waals surface area contributed by atoms with Gasteiger partial charge in [-0.2, -0.15) is 0 Å². The number of halogens is 1. The summed E-state index contributed by atoms with van der Waals surface area (Å²) in [6.45, 7) is 0.118. The summed E-state index contributed by atoms with van der Waals surface area (Å²) in [6, 6.07) is 3.95. The lowest BCUT2D eigenvalue weighted by Crippen LogP contribution is -2.31. The van der Waals surface area contributed by atoms with Crippen LogP contribution in [0.1, 0.15) is 24.8 Å². The number of phenols is 1. The Kier molecular flexibility index (Phi) is 5.32. The molecule has 7 heteroatoms. The Balaban J connectivity index is 1.82. The molecule has 22 heavy (non-hydrogen) atoms. The lowest BCUT2D eigenvalue weighted by atomic mass is 10.0. The zero-order valence-corrected chi connectivity index (χ0v) is 11.9. The van der Waals surface area contributed by atoms with Crippen LogP contribution in [0.15, 0.2) is 18.2 Å². The number of hydrogen-bond donors (Lipinski definition) is 3. The largest absolute Gasteiger partial charge is 0.507 e. The van der Waals surface area contributed by atoms with Gasteiger partial charge in [-0.05, 0) is 25.0 Å². The number of carboxylic acids is 1. The maximum Gasteiger partial charge on any atom is 0.303 e. The number of hydrogen-bond acceptors (Lipinski definition) is 4. The molecule has 1 aliphatic heterocycles. The first-order valence-corrected chi connectivity index (χ1v) is 7.05. The van der Waals surface area contributed by atoms with E-state index in [0.717, 1.165) is 0 Å². The summed E-state index contributed by atoms with van der Waals surface area (Å²) in [7, 11) is 0. The van der Waals surface area contributed by atoms with Gasteiger partial charge in [-0.3, -0.25) is 9.59 Å². The summed E-state index contributed by atoms with van der Waals surface area (Å²) in [6.07, 6.45) is 0.575. The van der Waals surface area contributed by atoms with Crippen LogP contribution >= 0.6 is 0 Å². The first-order chi connectivity index (χ1) is 10.5. The number of ether oxygens (including phenoxy) is 1. The molecule has 0 aliphatic carbocycles. The third kappa shape index (κ3) is 4.17. The molecule has 6 nitrogen and oxygen atoms in total. The van der Waals surface area contributed by atoms with E-state index in [1.165, 1.54) is 18.2 Å². The van der Waals surface area contributed by atoms with Crippen LogP contribution in [0, 0.1) is 11.7 Å². The minimum absolute atomic E-state index is 0.00209. The standard InChI is InChI=1S/C15H18FNO5/c16-12-2-1-3-13(18)11(12)7-17-15(21)9-6-10(22-8-9)4-5-14(19)20/h1-3,9-10,18H,4-8H2,(H,17,21)(H,19,20). The van der Waals surface area contributed by atoms with Crippen LogP contribution in [-0.2, 0) is 20.9 Å². The Labute approximate surface area is 126 Å². The molecule has 0 aromatic heterocycles. The summed E-state index contributed by atoms with van der Waals surface area (Å²) in [5, 5.41) is 20.8. The second-order valence-electron chi connectivity index (χ2n) is 5.28. The van der Waals surface area contributed by atoms with Crippen LogP contribution < -0.4 is 5.32 Å². The molecule has 0 radical (unpaired) electrons. The van der Waals surface area contributed by atoms with Gasteiger partial charge >= 0.3 is 5.97 Å². The summed E-state index contributed by atoms with van der Waals surface area (Å²) in [5.41, 5.74) is 0.0391. The summed E-state index contributed by atoms with van der Waals surface area (Å²) < 4.78 is 18.9. The second-order valence-corrected chi connectivity index (χ2v) is 5.28. The average Bonchev–Trinajstić information content (AvgIpc) is 2.93. The fraction of sp³-hybridized carbons (Fsp3) is 0.467. The van der Waals surface area contributed by atoms with Gasteiger partial charge in [-0.1, -0.05) is 6.07 Å². The second kappa shape index (κ2) is 7.22. The van der Waals surface area contributed by atoms with Crippen molar-refractivity contribution in [1.82, 2.24) is 5.32 Å². The Morgan fingerprint density at radius 1 is 1.41 bits per heavy atom. The lowest BCUT2D eigenvalue weighted by molar-refractivity contribution is -0.137. The first kappa shape index (κ1) is 16.2. The normalized spacial score (nSPS) is 20.8. The van der Waals surface area contributed by atoms with Gasteiger partial charge in [0.15, 0.2) is 0 Å². The fourth-order valence-electron chi connectivity index (χ4n) is 2.42. The quantitative estimate of drug-likeness (QED) is 0.738. The zero-order chi connectivity index (χ0) is 16.1. The molecule has 1 fully saturated rings. The van der Waals surface area contributed by atoms with Gasteiger partial charge in [-0.15, -0.1) is 0 Å². The van der Waals surface area contributed by atoms with Gasteiger partial charge in [0, 0.05) is 18.5 Å². The van der Waals surface area contributed by atoms with Crippen LogP contribution in [-0.4, -0.2) is 34.8 Å². The predicted molar refractivity (Wildman–Crippen MR) is 74.6 cm³/mol. The van der Waals surface area contributed by atoms with E-state index in [1.807, 2.05) is 0 Å². The number of aromatic hydroxyl groups is 1. The van der Waals surface area contributed by atoms with Gasteiger partial charge in [-0.25, -0.2) is 4.39 Å². The Bertz CT molecular complexity index is 543. The molecule has 3 N–H and O–H groups in total. The maximum atomic E-state index is 13.5. The highest BCUT2D eigenvalue weighted by molar-refractivity contribution is 5.79. The van der Waals surface area contributed by atoms with Gasteiger partial charge in [0.1, 0.15) is 11.6 Å². The van der Waals surface area contributed by atoms with Crippen molar-refractivity contribution in [3.63, 3.8) is 0 Å². The molecule has 1 aromatic carbocycles. The number of carbonyl (C=O) groups is 2. The van der Waals surface area contributed by atoms with E-state index in [2.05, 4.69) is 5.32 Å².